The minimum atomic E-state index is -0.961. The highest BCUT2D eigenvalue weighted by molar-refractivity contribution is 7.14. The largest absolute Gasteiger partial charge is 0.465 e. The minimum absolute atomic E-state index is 0.329. The van der Waals surface area contributed by atoms with Gasteiger partial charge in [-0.15, -0.1) is 11.3 Å². The van der Waals surface area contributed by atoms with E-state index >= 15 is 0 Å². The fourth-order valence-electron chi connectivity index (χ4n) is 2.29. The van der Waals surface area contributed by atoms with E-state index in [1.807, 2.05) is 0 Å². The number of nitrogens with one attached hydrogen (secondary N) is 1. The standard InChI is InChI=1S/C20H14F2N2O3S/c1-27-19(26)13-5-2-12(3-6-13)4-9-18(25)24-20-23-17(11-28-20)14-7-8-15(21)16(22)10-14/h2-11H,1H3,(H,23,24,25). The maximum atomic E-state index is 13.3. The number of anilines is 1. The highest BCUT2D eigenvalue weighted by Crippen LogP contribution is 2.26. The summed E-state index contributed by atoms with van der Waals surface area (Å²) >= 11 is 1.17. The Hall–Kier alpha value is -3.39. The Labute approximate surface area is 163 Å². The monoisotopic (exact) mass is 400 g/mol. The molecule has 1 amide bonds. The number of aromatic nitrogens is 1. The van der Waals surface area contributed by atoms with Crippen molar-refractivity contribution in [1.82, 2.24) is 4.98 Å². The van der Waals surface area contributed by atoms with E-state index in [4.69, 9.17) is 0 Å². The second-order valence-corrected chi connectivity index (χ2v) is 6.46. The predicted octanol–water partition coefficient (Wildman–Crippen LogP) is 4.53. The normalized spacial score (nSPS) is 10.8. The molecule has 0 aliphatic carbocycles. The van der Waals surface area contributed by atoms with Gasteiger partial charge < -0.3 is 4.74 Å². The van der Waals surface area contributed by atoms with Crippen LogP contribution in [0.2, 0.25) is 0 Å². The second-order valence-electron chi connectivity index (χ2n) is 5.60. The molecule has 28 heavy (non-hydrogen) atoms. The van der Waals surface area contributed by atoms with E-state index in [9.17, 15) is 18.4 Å². The van der Waals surface area contributed by atoms with Crippen LogP contribution in [0.25, 0.3) is 17.3 Å². The number of halogens is 2. The van der Waals surface area contributed by atoms with Gasteiger partial charge in [0.15, 0.2) is 16.8 Å². The molecule has 1 N–H and O–H groups in total. The number of ether oxygens (including phenoxy) is 1. The first kappa shape index (κ1) is 19.4. The average Bonchev–Trinajstić information content (AvgIpc) is 3.16. The SMILES string of the molecule is COC(=O)c1ccc(C=CC(=O)Nc2nc(-c3ccc(F)c(F)c3)cs2)cc1. The molecule has 0 aliphatic rings. The van der Waals surface area contributed by atoms with Gasteiger partial charge in [0.05, 0.1) is 18.4 Å². The molecule has 0 aliphatic heterocycles. The quantitative estimate of drug-likeness (QED) is 0.505. The lowest BCUT2D eigenvalue weighted by Crippen LogP contribution is -2.07. The van der Waals surface area contributed by atoms with Crippen LogP contribution in [0.15, 0.2) is 53.9 Å². The summed E-state index contributed by atoms with van der Waals surface area (Å²) in [4.78, 5) is 27.6. The molecule has 0 spiro atoms. The molecular formula is C20H14F2N2O3S. The van der Waals surface area contributed by atoms with Crippen molar-refractivity contribution in [3.05, 3.63) is 76.7 Å². The number of hydrogen-bond acceptors (Lipinski definition) is 5. The van der Waals surface area contributed by atoms with Crippen molar-refractivity contribution in [1.29, 1.82) is 0 Å². The summed E-state index contributed by atoms with van der Waals surface area (Å²) in [7, 11) is 1.30. The number of methoxy groups -OCH3 is 1. The summed E-state index contributed by atoms with van der Waals surface area (Å²) in [6.07, 6.45) is 2.91. The van der Waals surface area contributed by atoms with Gasteiger partial charge in [-0.1, -0.05) is 12.1 Å². The van der Waals surface area contributed by atoms with Crippen molar-refractivity contribution in [2.75, 3.05) is 12.4 Å². The van der Waals surface area contributed by atoms with Gasteiger partial charge in [-0.25, -0.2) is 18.6 Å². The van der Waals surface area contributed by atoms with Gasteiger partial charge in [0.2, 0.25) is 5.91 Å². The highest BCUT2D eigenvalue weighted by atomic mass is 32.1. The van der Waals surface area contributed by atoms with E-state index in [2.05, 4.69) is 15.0 Å². The van der Waals surface area contributed by atoms with Gasteiger partial charge in [-0.2, -0.15) is 0 Å². The number of hydrogen-bond donors (Lipinski definition) is 1. The van der Waals surface area contributed by atoms with Crippen LogP contribution in [0.4, 0.5) is 13.9 Å². The van der Waals surface area contributed by atoms with E-state index in [0.29, 0.717) is 22.0 Å². The molecule has 0 saturated heterocycles. The summed E-state index contributed by atoms with van der Waals surface area (Å²) in [5.41, 5.74) is 1.99. The fraction of sp³-hybridized carbons (Fsp3) is 0.0500. The van der Waals surface area contributed by atoms with Gasteiger partial charge in [0.25, 0.3) is 0 Å². The third kappa shape index (κ3) is 4.66. The van der Waals surface area contributed by atoms with Gasteiger partial charge in [0.1, 0.15) is 0 Å². The van der Waals surface area contributed by atoms with Crippen molar-refractivity contribution in [2.24, 2.45) is 0 Å². The van der Waals surface area contributed by atoms with Gasteiger partial charge >= 0.3 is 5.97 Å². The maximum Gasteiger partial charge on any atom is 0.337 e. The molecule has 1 heterocycles. The van der Waals surface area contributed by atoms with Gasteiger partial charge in [0, 0.05) is 17.0 Å². The van der Waals surface area contributed by atoms with Crippen molar-refractivity contribution >= 4 is 34.4 Å². The summed E-state index contributed by atoms with van der Waals surface area (Å²) in [5.74, 6) is -2.73. The van der Waals surface area contributed by atoms with E-state index in [1.165, 1.54) is 30.6 Å². The predicted molar refractivity (Wildman–Crippen MR) is 103 cm³/mol. The van der Waals surface area contributed by atoms with E-state index < -0.39 is 23.5 Å². The molecular weight excluding hydrogens is 386 g/mol. The molecule has 0 unspecified atom stereocenters. The first-order valence-electron chi connectivity index (χ1n) is 8.04. The number of esters is 1. The minimum Gasteiger partial charge on any atom is -0.465 e. The molecule has 1 aromatic heterocycles. The zero-order chi connectivity index (χ0) is 20.1. The van der Waals surface area contributed by atoms with E-state index in [-0.39, 0.29) is 0 Å². The topological polar surface area (TPSA) is 68.3 Å². The highest BCUT2D eigenvalue weighted by Gasteiger charge is 2.09. The lowest BCUT2D eigenvalue weighted by atomic mass is 10.1. The van der Waals surface area contributed by atoms with Crippen LogP contribution in [-0.2, 0) is 9.53 Å². The molecule has 3 aromatic rings. The molecule has 142 valence electrons. The van der Waals surface area contributed by atoms with Crippen LogP contribution in [0.1, 0.15) is 15.9 Å². The third-order valence-electron chi connectivity index (χ3n) is 3.71. The van der Waals surface area contributed by atoms with Crippen molar-refractivity contribution in [3.8, 4) is 11.3 Å². The Kier molecular flexibility index (Phi) is 5.90. The molecule has 2 aromatic carbocycles. The number of benzene rings is 2. The zero-order valence-corrected chi connectivity index (χ0v) is 15.4. The summed E-state index contributed by atoms with van der Waals surface area (Å²) in [6, 6.07) is 10.0. The number of rotatable bonds is 5. The number of thiazole rings is 1. The van der Waals surface area contributed by atoms with E-state index in [1.54, 1.807) is 35.7 Å². The maximum absolute atomic E-state index is 13.3. The number of nitrogens with zero attached hydrogens (tertiary/aromatic N) is 1. The summed E-state index contributed by atoms with van der Waals surface area (Å²) in [6.45, 7) is 0. The zero-order valence-electron chi connectivity index (χ0n) is 14.6. The van der Waals surface area contributed by atoms with Crippen LogP contribution in [0.3, 0.4) is 0 Å². The number of carbonyl (C=O) groups excluding carboxylic acids is 2. The molecule has 0 saturated carbocycles. The molecule has 5 nitrogen and oxygen atoms in total. The first-order valence-corrected chi connectivity index (χ1v) is 8.92. The van der Waals surface area contributed by atoms with Gasteiger partial charge in [-0.3, -0.25) is 10.1 Å². The molecule has 3 rings (SSSR count). The molecule has 8 heteroatoms. The van der Waals surface area contributed by atoms with Crippen molar-refractivity contribution < 1.29 is 23.1 Å². The lowest BCUT2D eigenvalue weighted by Gasteiger charge is -2.00. The van der Waals surface area contributed by atoms with Crippen LogP contribution in [0, 0.1) is 11.6 Å². The summed E-state index contributed by atoms with van der Waals surface area (Å²) in [5, 5.41) is 4.57. The van der Waals surface area contributed by atoms with Crippen molar-refractivity contribution in [2.45, 2.75) is 0 Å². The van der Waals surface area contributed by atoms with Crippen LogP contribution < -0.4 is 5.32 Å². The molecule has 0 fully saturated rings. The Balaban J connectivity index is 1.63. The first-order chi connectivity index (χ1) is 13.5. The molecule has 0 radical (unpaired) electrons. The number of amides is 1. The Morgan fingerprint density at radius 1 is 1.11 bits per heavy atom. The number of carbonyl (C=O) groups is 2. The molecule has 0 atom stereocenters. The lowest BCUT2D eigenvalue weighted by molar-refractivity contribution is -0.111. The van der Waals surface area contributed by atoms with Crippen LogP contribution >= 0.6 is 11.3 Å². The fourth-order valence-corrected chi connectivity index (χ4v) is 3.01. The third-order valence-corrected chi connectivity index (χ3v) is 4.47. The molecule has 0 bridgehead atoms. The Bertz CT molecular complexity index is 1050. The smallest absolute Gasteiger partial charge is 0.337 e. The van der Waals surface area contributed by atoms with Crippen LogP contribution in [0.5, 0.6) is 0 Å². The average molecular weight is 400 g/mol. The van der Waals surface area contributed by atoms with Crippen molar-refractivity contribution in [3.63, 3.8) is 0 Å². The Morgan fingerprint density at radius 2 is 1.86 bits per heavy atom. The Morgan fingerprint density at radius 3 is 2.54 bits per heavy atom. The van der Waals surface area contributed by atoms with Crippen LogP contribution in [-0.4, -0.2) is 24.0 Å². The van der Waals surface area contributed by atoms with E-state index in [0.717, 1.165) is 17.7 Å². The second kappa shape index (κ2) is 8.53. The summed E-state index contributed by atoms with van der Waals surface area (Å²) < 4.78 is 31.0. The van der Waals surface area contributed by atoms with Gasteiger partial charge in [-0.05, 0) is 42.0 Å².